The van der Waals surface area contributed by atoms with Crippen LogP contribution >= 0.6 is 0 Å². The van der Waals surface area contributed by atoms with Crippen LogP contribution in [0.1, 0.15) is 5.56 Å². The molecule has 0 aliphatic rings. The number of nitrogens with zero attached hydrogens (tertiary/aromatic N) is 1. The number of halogens is 3. The number of aromatic amines is 1. The van der Waals surface area contributed by atoms with E-state index < -0.39 is 11.7 Å². The number of hydrogen-bond acceptors (Lipinski definition) is 3. The van der Waals surface area contributed by atoms with Crippen molar-refractivity contribution in [2.45, 2.75) is 6.18 Å². The van der Waals surface area contributed by atoms with Crippen LogP contribution in [0.5, 0.6) is 5.75 Å². The number of imidazole rings is 1. The van der Waals surface area contributed by atoms with E-state index in [1.54, 1.807) is 18.3 Å². The van der Waals surface area contributed by atoms with Gasteiger partial charge >= 0.3 is 1210 Å². The van der Waals surface area contributed by atoms with Crippen LogP contribution in [0.3, 0.4) is 0 Å². The number of phenolic OH excluding ortho intramolecular Hbond substituents is 1. The number of phenols is 1. The van der Waals surface area contributed by atoms with Gasteiger partial charge in [-0.2, -0.15) is 13.2 Å². The Kier molecular flexibility index (Phi) is 483. The summed E-state index contributed by atoms with van der Waals surface area (Å²) in [5, 5.41) is 12.1. The molecule has 0 unspecified atom stereocenters. The van der Waals surface area contributed by atoms with Crippen molar-refractivity contribution in [3.63, 3.8) is 0 Å². The molecule has 0 radical (unpaired) electrons. The van der Waals surface area contributed by atoms with Crippen LogP contribution in [0, 0.1) is 0 Å². The van der Waals surface area contributed by atoms with E-state index >= 15 is 0 Å². The first-order chi connectivity index (χ1) is 29.9. The van der Waals surface area contributed by atoms with Crippen LogP contribution in [-0.4, -0.2) is 1210 Å². The van der Waals surface area contributed by atoms with Gasteiger partial charge in [0.2, 0.25) is 5.95 Å². The molecule has 0 atom stereocenters. The first kappa shape index (κ1) is 160. The summed E-state index contributed by atoms with van der Waals surface area (Å²) in [4.78, 5) is 7.06. The summed E-state index contributed by atoms with van der Waals surface area (Å²) in [7, 11) is 0. The number of benzene rings is 2. The van der Waals surface area contributed by atoms with Gasteiger partial charge in [0.15, 0.2) is 0 Å². The van der Waals surface area contributed by atoms with E-state index in [1.807, 2.05) is 0 Å². The fraction of sp³-hybridized carbons (Fsp3) is 0.0625. The molecule has 156 valence electrons. The van der Waals surface area contributed by atoms with Gasteiger partial charge in [-0.15, -0.1) is 0 Å². The summed E-state index contributed by atoms with van der Waals surface area (Å²) in [6.07, 6.45) is -2.83. The molecule has 0 bridgehead atoms. The van der Waals surface area contributed by atoms with E-state index in [1.165, 1.54) is 1220 Å². The number of alkyl halides is 3. The van der Waals surface area contributed by atoms with Crippen molar-refractivity contribution < 1.29 is 18.3 Å². The zero-order chi connectivity index (χ0) is 54.4. The average Bonchev–Trinajstić information content (AvgIpc) is 3.89. The standard InChI is InChI=1S/C16H12F3N3O.38K/c17-16(18,19)11-2-1-3-12(8-11)21-15-20-9-14(22-15)10-4-6-13(23)7-5-10;;;;;;;;;;;;;;;;;;;;;;;;;;;;;;;;;;;;;;/h1-9,23H,(H2,20,21,22);;;;;;;;;;;;;;;;;;;;;;;;;;;;;;;;;;;;;;. The van der Waals surface area contributed by atoms with E-state index in [9.17, 15) is 18.3 Å². The summed E-state index contributed by atoms with van der Waals surface area (Å²) in [6, 6.07) is 11.4. The second-order valence-electron chi connectivity index (χ2n) is 4.90. The Labute approximate surface area is 1240 Å². The summed E-state index contributed by atoms with van der Waals surface area (Å²) in [6.45, 7) is 0. The zero-order valence-corrected chi connectivity index (χ0v) is 168. The van der Waals surface area contributed by atoms with Crippen LogP contribution in [0.2, 0.25) is 0 Å². The van der Waals surface area contributed by atoms with E-state index in [4.69, 9.17) is 0 Å². The van der Waals surface area contributed by atoms with Crippen LogP contribution in [-0.2, 0) is 6.18 Å². The van der Waals surface area contributed by atoms with Crippen LogP contribution in [0.25, 0.3) is 11.3 Å². The summed E-state index contributed by atoms with van der Waals surface area (Å²) in [5.74, 6) is 0.475. The van der Waals surface area contributed by atoms with Gasteiger partial charge in [-0.05, 0) is 48.0 Å². The van der Waals surface area contributed by atoms with Gasteiger partial charge < -0.3 is 15.4 Å². The zero-order valence-electron chi connectivity index (χ0n) is 49.7. The molecule has 0 saturated heterocycles. The Bertz CT molecular complexity index is 868. The van der Waals surface area contributed by atoms with Gasteiger partial charge in [0.05, 0.1) is 17.5 Å². The van der Waals surface area contributed by atoms with Crippen molar-refractivity contribution in [2.75, 3.05) is 5.32 Å². The quantitative estimate of drug-likeness (QED) is 0.229. The Balaban J connectivity index is -0.0000000287. The topological polar surface area (TPSA) is 60.9 Å². The Morgan fingerprint density at radius 3 is 0.967 bits per heavy atom. The Morgan fingerprint density at radius 1 is 0.426 bits per heavy atom. The van der Waals surface area contributed by atoms with Crippen LogP contribution in [0.15, 0.2) is 54.7 Å². The Hall–Kier alpha value is 59.2. The number of H-pyrrole nitrogens is 1. The van der Waals surface area contributed by atoms with Crippen molar-refractivity contribution in [1.82, 2.24) is 9.97 Å². The van der Waals surface area contributed by atoms with E-state index in [0.717, 1.165) is 17.7 Å². The van der Waals surface area contributed by atoms with E-state index in [2.05, 4.69) is 15.3 Å². The van der Waals surface area contributed by atoms with Gasteiger partial charge in [0, 0.05) is 5.69 Å². The molecule has 45 heteroatoms. The summed E-state index contributed by atoms with van der Waals surface area (Å²) >= 11 is 47.5. The van der Waals surface area contributed by atoms with E-state index in [-0.39, 0.29) is 11.4 Å². The maximum absolute atomic E-state index is 12.7. The van der Waals surface area contributed by atoms with Crippen molar-refractivity contribution in [2.24, 2.45) is 0 Å². The predicted molar refractivity (Wildman–Crippen MR) is 299 cm³/mol. The fourth-order valence-corrected chi connectivity index (χ4v) is 2.08. The maximum atomic E-state index is 12.7. The molecule has 3 N–H and O–H groups in total. The third-order valence-corrected chi connectivity index (χ3v) is 3.21. The molecule has 0 saturated carbocycles. The molecule has 3 rings (SSSR count). The SMILES string of the molecule is Oc1ccc(-c2cnc(Nc3cccc(C(F)(F)F)c3)[nH]2)cc1.[K][K].[K][K].[K][K].[K][K].[K][K].[K][K].[K][K].[K][K].[K][K].[K][K].[K][K].[K][K].[K][K].[K][K].[K][K].[K][K].[K][K].[K][K].[K][K]. The molecule has 0 amide bonds. The number of anilines is 2. The molecule has 4 nitrogen and oxygen atoms in total. The second-order valence-corrected chi connectivity index (χ2v) is 4.90. The number of rotatable bonds is 3. The second kappa shape index (κ2) is 184. The molecular formula is C16H12F3K38N3O. The number of aromatic nitrogens is 2. The number of hydrogen-bond donors (Lipinski definition) is 3. The van der Waals surface area contributed by atoms with Crippen LogP contribution < -0.4 is 5.32 Å². The van der Waals surface area contributed by atoms with E-state index in [0.29, 0.717) is 11.6 Å². The van der Waals surface area contributed by atoms with Gasteiger partial charge in [-0.1, -0.05) is 6.07 Å². The Morgan fingerprint density at radius 2 is 0.705 bits per heavy atom. The van der Waals surface area contributed by atoms with Crippen molar-refractivity contribution in [1.29, 1.82) is 0 Å². The molecule has 0 spiro atoms. The van der Waals surface area contributed by atoms with Gasteiger partial charge in [0.25, 0.3) is 0 Å². The van der Waals surface area contributed by atoms with Gasteiger partial charge in [-0.3, -0.25) is 0 Å². The molecule has 3 aromatic rings. The first-order valence-corrected chi connectivity index (χ1v) is 330. The molecule has 1 heterocycles. The third kappa shape index (κ3) is 157. The molecule has 1 aromatic heterocycles. The molecule has 61 heavy (non-hydrogen) atoms. The molecule has 0 aliphatic carbocycles. The summed E-state index contributed by atoms with van der Waals surface area (Å²) < 4.78 is 38.1. The molecule has 0 aliphatic heterocycles. The molecular weight excluding hydrogens is 1790 g/mol. The molecule has 0 fully saturated rings. The number of aromatic hydroxyl groups is 1. The van der Waals surface area contributed by atoms with Crippen LogP contribution in [0.4, 0.5) is 24.8 Å². The minimum absolute atomic E-state index is 0.149. The number of nitrogens with one attached hydrogen (secondary N) is 2. The van der Waals surface area contributed by atoms with Gasteiger partial charge in [0.1, 0.15) is 5.75 Å². The minimum atomic E-state index is -4.39. The van der Waals surface area contributed by atoms with Gasteiger partial charge in [-0.25, -0.2) is 4.98 Å². The fourth-order valence-electron chi connectivity index (χ4n) is 2.08. The first-order valence-electron chi connectivity index (χ1n) is 25.7. The predicted octanol–water partition coefficient (Wildman–Crippen LogP) is -9.93. The normalized spacial score (nSPS) is 6.80. The monoisotopic (exact) mass is 1800 g/mol. The van der Waals surface area contributed by atoms with Crippen molar-refractivity contribution in [3.05, 3.63) is 60.3 Å². The van der Waals surface area contributed by atoms with Crippen molar-refractivity contribution >= 4 is 1210 Å². The summed E-state index contributed by atoms with van der Waals surface area (Å²) in [5.41, 5.74) is 1.03. The molecule has 2 aromatic carbocycles. The third-order valence-electron chi connectivity index (χ3n) is 3.21. The average molecular weight is 1810 g/mol. The van der Waals surface area contributed by atoms with Crippen molar-refractivity contribution in [3.8, 4) is 17.0 Å².